The molecule has 0 aliphatic rings. The van der Waals surface area contributed by atoms with E-state index in [1.54, 1.807) is 10.9 Å². The molecule has 0 fully saturated rings. The molecule has 7 heteroatoms. The fourth-order valence-electron chi connectivity index (χ4n) is 3.10. The molecule has 7 nitrogen and oxygen atoms in total. The summed E-state index contributed by atoms with van der Waals surface area (Å²) < 4.78 is 2.93. The summed E-state index contributed by atoms with van der Waals surface area (Å²) in [5.41, 5.74) is 4.20. The minimum atomic E-state index is -0.292. The van der Waals surface area contributed by atoms with Crippen LogP contribution in [0.1, 0.15) is 16.7 Å². The summed E-state index contributed by atoms with van der Waals surface area (Å²) in [6, 6.07) is 15.7. The molecule has 0 unspecified atom stereocenters. The number of hydrogen-bond acceptors (Lipinski definition) is 4. The van der Waals surface area contributed by atoms with Gasteiger partial charge in [0.25, 0.3) is 5.56 Å². The Balaban J connectivity index is 1.53. The van der Waals surface area contributed by atoms with Crippen molar-refractivity contribution in [2.45, 2.75) is 26.9 Å². The van der Waals surface area contributed by atoms with E-state index in [0.717, 1.165) is 22.4 Å². The lowest BCUT2D eigenvalue weighted by molar-refractivity contribution is -0.121. The first-order valence-corrected chi connectivity index (χ1v) is 9.34. The van der Waals surface area contributed by atoms with Crippen LogP contribution in [0.4, 0.5) is 0 Å². The molecule has 0 aliphatic heterocycles. The molecule has 1 N–H and O–H groups in total. The lowest BCUT2D eigenvalue weighted by Gasteiger charge is -2.09. The van der Waals surface area contributed by atoms with Gasteiger partial charge in [0.1, 0.15) is 18.3 Å². The zero-order valence-electron chi connectivity index (χ0n) is 16.3. The smallest absolute Gasteiger partial charge is 0.264 e. The van der Waals surface area contributed by atoms with Gasteiger partial charge in [-0.25, -0.2) is 9.67 Å². The first-order valence-electron chi connectivity index (χ1n) is 9.34. The van der Waals surface area contributed by atoms with Crippen molar-refractivity contribution < 1.29 is 4.79 Å². The topological polar surface area (TPSA) is 81.8 Å². The number of carbonyl (C=O) groups excluding carboxylic acids is 1. The molecule has 0 aliphatic carbocycles. The van der Waals surface area contributed by atoms with E-state index in [2.05, 4.69) is 15.4 Å². The highest BCUT2D eigenvalue weighted by Crippen LogP contribution is 2.12. The summed E-state index contributed by atoms with van der Waals surface area (Å²) in [6.45, 7) is 4.33. The number of aromatic nitrogens is 4. The molecule has 1 amide bonds. The van der Waals surface area contributed by atoms with Gasteiger partial charge < -0.3 is 5.32 Å². The third kappa shape index (κ3) is 3.94. The van der Waals surface area contributed by atoms with Crippen LogP contribution in [0.15, 0.2) is 65.8 Å². The van der Waals surface area contributed by atoms with Gasteiger partial charge >= 0.3 is 0 Å². The maximum Gasteiger partial charge on any atom is 0.264 e. The molecular weight excluding hydrogens is 366 g/mol. The number of benzene rings is 2. The van der Waals surface area contributed by atoms with Gasteiger partial charge in [0, 0.05) is 12.7 Å². The number of aryl methyl sites for hydroxylation is 2. The zero-order valence-corrected chi connectivity index (χ0v) is 16.3. The van der Waals surface area contributed by atoms with Crippen molar-refractivity contribution in [1.82, 2.24) is 24.6 Å². The Morgan fingerprint density at radius 2 is 1.83 bits per heavy atom. The van der Waals surface area contributed by atoms with Crippen molar-refractivity contribution in [2.75, 3.05) is 0 Å². The number of hydrogen-bond donors (Lipinski definition) is 1. The minimum Gasteiger partial charge on any atom is -0.350 e. The van der Waals surface area contributed by atoms with E-state index in [1.165, 1.54) is 10.9 Å². The van der Waals surface area contributed by atoms with Crippen LogP contribution in [-0.4, -0.2) is 25.2 Å². The van der Waals surface area contributed by atoms with Gasteiger partial charge in [0.05, 0.1) is 5.69 Å². The number of nitrogens with one attached hydrogen (secondary N) is 1. The summed E-state index contributed by atoms with van der Waals surface area (Å²) in [5, 5.41) is 7.60. The van der Waals surface area contributed by atoms with Crippen molar-refractivity contribution in [3.63, 3.8) is 0 Å². The normalized spacial score (nSPS) is 11.0. The molecule has 0 atom stereocenters. The molecule has 4 rings (SSSR count). The first kappa shape index (κ1) is 18.6. The van der Waals surface area contributed by atoms with Crippen molar-refractivity contribution in [1.29, 1.82) is 0 Å². The highest BCUT2D eigenvalue weighted by molar-refractivity contribution is 5.77. The predicted octanol–water partition coefficient (Wildman–Crippen LogP) is 2.52. The Bertz CT molecular complexity index is 1240. The SMILES string of the molecule is Cc1ccc(-n2cc3c(=O)n(CC(=O)NCc4ccccc4C)cnc3n2)cc1. The Kier molecular flexibility index (Phi) is 4.95. The molecule has 4 aromatic rings. The Hall–Kier alpha value is -3.74. The number of nitrogens with zero attached hydrogens (tertiary/aromatic N) is 4. The number of fused-ring (bicyclic) bond motifs is 1. The summed E-state index contributed by atoms with van der Waals surface area (Å²) in [7, 11) is 0. The zero-order chi connectivity index (χ0) is 20.4. The molecule has 2 aromatic heterocycles. The van der Waals surface area contributed by atoms with Gasteiger partial charge in [-0.15, -0.1) is 5.10 Å². The second-order valence-electron chi connectivity index (χ2n) is 7.03. The lowest BCUT2D eigenvalue weighted by Crippen LogP contribution is -2.32. The fourth-order valence-corrected chi connectivity index (χ4v) is 3.10. The molecular formula is C22H21N5O2. The van der Waals surface area contributed by atoms with Crippen LogP contribution in [0.3, 0.4) is 0 Å². The van der Waals surface area contributed by atoms with Crippen LogP contribution in [0.5, 0.6) is 0 Å². The predicted molar refractivity (Wildman–Crippen MR) is 111 cm³/mol. The van der Waals surface area contributed by atoms with Gasteiger partial charge in [-0.05, 0) is 37.1 Å². The molecule has 146 valence electrons. The Morgan fingerprint density at radius 1 is 1.07 bits per heavy atom. The average Bonchev–Trinajstić information content (AvgIpc) is 3.15. The standard InChI is InChI=1S/C22H21N5O2/c1-15-7-9-18(10-8-15)27-12-19-21(25-27)24-14-26(22(19)29)13-20(28)23-11-17-6-4-3-5-16(17)2/h3-10,12,14H,11,13H2,1-2H3,(H,23,28). The van der Waals surface area contributed by atoms with Gasteiger partial charge in [-0.1, -0.05) is 42.0 Å². The van der Waals surface area contributed by atoms with Crippen LogP contribution in [-0.2, 0) is 17.9 Å². The Labute approximate surface area is 167 Å². The fraction of sp³-hybridized carbons (Fsp3) is 0.182. The molecule has 0 bridgehead atoms. The van der Waals surface area contributed by atoms with E-state index >= 15 is 0 Å². The van der Waals surface area contributed by atoms with E-state index in [4.69, 9.17) is 0 Å². The van der Waals surface area contributed by atoms with Crippen molar-refractivity contribution >= 4 is 16.9 Å². The number of rotatable bonds is 5. The number of amides is 1. The van der Waals surface area contributed by atoms with E-state index in [-0.39, 0.29) is 18.0 Å². The average molecular weight is 387 g/mol. The lowest BCUT2D eigenvalue weighted by atomic mass is 10.1. The summed E-state index contributed by atoms with van der Waals surface area (Å²) in [5.74, 6) is -0.248. The minimum absolute atomic E-state index is 0.0939. The van der Waals surface area contributed by atoms with Crippen molar-refractivity contribution in [3.05, 3.63) is 88.1 Å². The van der Waals surface area contributed by atoms with Crippen LogP contribution < -0.4 is 10.9 Å². The third-order valence-corrected chi connectivity index (χ3v) is 4.86. The molecule has 0 saturated heterocycles. The third-order valence-electron chi connectivity index (χ3n) is 4.86. The van der Waals surface area contributed by atoms with Crippen LogP contribution >= 0.6 is 0 Å². The molecule has 2 aromatic carbocycles. The van der Waals surface area contributed by atoms with Gasteiger partial charge in [-0.3, -0.25) is 14.2 Å². The summed E-state index contributed by atoms with van der Waals surface area (Å²) in [6.07, 6.45) is 3.02. The second-order valence-corrected chi connectivity index (χ2v) is 7.03. The monoisotopic (exact) mass is 387 g/mol. The van der Waals surface area contributed by atoms with E-state index in [0.29, 0.717) is 17.6 Å². The van der Waals surface area contributed by atoms with E-state index < -0.39 is 0 Å². The van der Waals surface area contributed by atoms with Gasteiger partial charge in [0.15, 0.2) is 5.65 Å². The molecule has 2 heterocycles. The molecule has 29 heavy (non-hydrogen) atoms. The molecule has 0 radical (unpaired) electrons. The van der Waals surface area contributed by atoms with Crippen molar-refractivity contribution in [2.24, 2.45) is 0 Å². The second kappa shape index (κ2) is 7.71. The number of carbonyl (C=O) groups is 1. The van der Waals surface area contributed by atoms with Crippen LogP contribution in [0.2, 0.25) is 0 Å². The molecule has 0 spiro atoms. The maximum absolute atomic E-state index is 12.8. The van der Waals surface area contributed by atoms with Gasteiger partial charge in [0.2, 0.25) is 5.91 Å². The Morgan fingerprint density at radius 3 is 2.59 bits per heavy atom. The highest BCUT2D eigenvalue weighted by atomic mass is 16.2. The van der Waals surface area contributed by atoms with Crippen molar-refractivity contribution in [3.8, 4) is 5.69 Å². The quantitative estimate of drug-likeness (QED) is 0.570. The summed E-state index contributed by atoms with van der Waals surface area (Å²) >= 11 is 0. The molecule has 0 saturated carbocycles. The largest absolute Gasteiger partial charge is 0.350 e. The van der Waals surface area contributed by atoms with E-state index in [1.807, 2.05) is 62.4 Å². The summed E-state index contributed by atoms with van der Waals surface area (Å²) in [4.78, 5) is 29.3. The first-order chi connectivity index (χ1) is 14.0. The van der Waals surface area contributed by atoms with E-state index in [9.17, 15) is 9.59 Å². The maximum atomic E-state index is 12.8. The van der Waals surface area contributed by atoms with Gasteiger partial charge in [-0.2, -0.15) is 0 Å². The highest BCUT2D eigenvalue weighted by Gasteiger charge is 2.12. The van der Waals surface area contributed by atoms with Crippen LogP contribution in [0, 0.1) is 13.8 Å². The van der Waals surface area contributed by atoms with Crippen LogP contribution in [0.25, 0.3) is 16.7 Å².